The van der Waals surface area contributed by atoms with Gasteiger partial charge in [-0.1, -0.05) is 26.2 Å². The third kappa shape index (κ3) is 3.73. The second-order valence-electron chi connectivity index (χ2n) is 7.49. The normalized spacial score (nSPS) is 16.4. The molecule has 1 unspecified atom stereocenters. The Bertz CT molecular complexity index is 853. The van der Waals surface area contributed by atoms with Crippen LogP contribution < -0.4 is 4.74 Å². The number of methoxy groups -OCH3 is 1. The summed E-state index contributed by atoms with van der Waals surface area (Å²) in [6, 6.07) is 3.93. The van der Waals surface area contributed by atoms with Gasteiger partial charge in [0.15, 0.2) is 5.78 Å². The van der Waals surface area contributed by atoms with Crippen molar-refractivity contribution in [3.8, 4) is 5.75 Å². The lowest BCUT2D eigenvalue weighted by molar-refractivity contribution is -0.131. The fourth-order valence-electron chi connectivity index (χ4n) is 4.17. The predicted octanol–water partition coefficient (Wildman–Crippen LogP) is 4.80. The van der Waals surface area contributed by atoms with Gasteiger partial charge in [-0.2, -0.15) is 0 Å². The van der Waals surface area contributed by atoms with E-state index in [1.165, 1.54) is 12.0 Å². The average molecular weight is 370 g/mol. The van der Waals surface area contributed by atoms with Crippen LogP contribution >= 0.6 is 0 Å². The fraction of sp³-hybridized carbons (Fsp3) is 0.545. The standard InChI is InChI=1S/C22H30N2O3/c1-5-6-7-8-9-20(26)18-12-17-16-10-11-24(15(3)25)14(2)22(16)23-19(17)13-21(18)27-4/h12-14,23H,5-11H2,1-4H3. The van der Waals surface area contributed by atoms with Crippen molar-refractivity contribution in [1.82, 2.24) is 9.88 Å². The minimum Gasteiger partial charge on any atom is -0.496 e. The lowest BCUT2D eigenvalue weighted by Crippen LogP contribution is -2.37. The van der Waals surface area contributed by atoms with E-state index in [1.807, 2.05) is 24.0 Å². The lowest BCUT2D eigenvalue weighted by atomic mass is 9.95. The van der Waals surface area contributed by atoms with Gasteiger partial charge in [0.05, 0.1) is 18.7 Å². The monoisotopic (exact) mass is 370 g/mol. The first-order chi connectivity index (χ1) is 13.0. The number of carbonyl (C=O) groups excluding carboxylic acids is 2. The highest BCUT2D eigenvalue weighted by Gasteiger charge is 2.29. The molecule has 0 spiro atoms. The number of rotatable bonds is 7. The number of amides is 1. The second kappa shape index (κ2) is 8.15. The number of nitrogens with one attached hydrogen (secondary N) is 1. The molecule has 0 radical (unpaired) electrons. The number of benzene rings is 1. The van der Waals surface area contributed by atoms with Gasteiger partial charge in [-0.25, -0.2) is 0 Å². The topological polar surface area (TPSA) is 62.4 Å². The van der Waals surface area contributed by atoms with E-state index in [2.05, 4.69) is 11.9 Å². The fourth-order valence-corrected chi connectivity index (χ4v) is 4.17. The van der Waals surface area contributed by atoms with Crippen molar-refractivity contribution < 1.29 is 14.3 Å². The number of unbranched alkanes of at least 4 members (excludes halogenated alkanes) is 3. The number of hydrogen-bond donors (Lipinski definition) is 1. The quantitative estimate of drug-likeness (QED) is 0.563. The summed E-state index contributed by atoms with van der Waals surface area (Å²) < 4.78 is 5.51. The highest BCUT2D eigenvalue weighted by Crippen LogP contribution is 2.37. The Morgan fingerprint density at radius 3 is 2.70 bits per heavy atom. The third-order valence-electron chi connectivity index (χ3n) is 5.71. The number of ketones is 1. The zero-order valence-electron chi connectivity index (χ0n) is 16.9. The van der Waals surface area contributed by atoms with Crippen molar-refractivity contribution in [1.29, 1.82) is 0 Å². The van der Waals surface area contributed by atoms with Gasteiger partial charge in [0.2, 0.25) is 5.91 Å². The molecule has 1 aliphatic heterocycles. The first-order valence-corrected chi connectivity index (χ1v) is 10.0. The number of Topliss-reactive ketones (excluding diaryl/α,β-unsaturated/α-hetero) is 1. The van der Waals surface area contributed by atoms with Crippen molar-refractivity contribution in [2.45, 2.75) is 65.3 Å². The molecule has 0 fully saturated rings. The smallest absolute Gasteiger partial charge is 0.220 e. The van der Waals surface area contributed by atoms with Gasteiger partial charge in [-0.15, -0.1) is 0 Å². The largest absolute Gasteiger partial charge is 0.496 e. The molecule has 0 saturated carbocycles. The van der Waals surface area contributed by atoms with Gasteiger partial charge >= 0.3 is 0 Å². The molecule has 27 heavy (non-hydrogen) atoms. The Balaban J connectivity index is 1.95. The van der Waals surface area contributed by atoms with Crippen LogP contribution in [-0.4, -0.2) is 35.2 Å². The molecule has 1 aromatic heterocycles. The van der Waals surface area contributed by atoms with Crippen molar-refractivity contribution in [3.63, 3.8) is 0 Å². The second-order valence-corrected chi connectivity index (χ2v) is 7.49. The van der Waals surface area contributed by atoms with Crippen molar-refractivity contribution >= 4 is 22.6 Å². The van der Waals surface area contributed by atoms with Crippen molar-refractivity contribution in [2.24, 2.45) is 0 Å². The Hall–Kier alpha value is -2.30. The highest BCUT2D eigenvalue weighted by atomic mass is 16.5. The highest BCUT2D eigenvalue weighted by molar-refractivity contribution is 6.03. The van der Waals surface area contributed by atoms with Crippen molar-refractivity contribution in [3.05, 3.63) is 29.0 Å². The molecule has 1 amide bonds. The zero-order chi connectivity index (χ0) is 19.6. The number of H-pyrrole nitrogens is 1. The van der Waals surface area contributed by atoms with Crippen LogP contribution in [0, 0.1) is 0 Å². The van der Waals surface area contributed by atoms with E-state index >= 15 is 0 Å². The first-order valence-electron chi connectivity index (χ1n) is 10.0. The molecule has 1 atom stereocenters. The number of carbonyl (C=O) groups is 2. The van der Waals surface area contributed by atoms with E-state index in [-0.39, 0.29) is 17.7 Å². The summed E-state index contributed by atoms with van der Waals surface area (Å²) in [5, 5.41) is 1.08. The molecule has 5 heteroatoms. The van der Waals surface area contributed by atoms with Gasteiger partial charge < -0.3 is 14.6 Å². The number of aromatic amines is 1. The molecule has 0 bridgehead atoms. The van der Waals surface area contributed by atoms with E-state index in [9.17, 15) is 9.59 Å². The van der Waals surface area contributed by atoms with Crippen LogP contribution in [0.3, 0.4) is 0 Å². The van der Waals surface area contributed by atoms with Crippen LogP contribution in [0.15, 0.2) is 12.1 Å². The summed E-state index contributed by atoms with van der Waals surface area (Å²) in [7, 11) is 1.61. The van der Waals surface area contributed by atoms with Gasteiger partial charge in [0.1, 0.15) is 5.75 Å². The van der Waals surface area contributed by atoms with Crippen LogP contribution in [0.2, 0.25) is 0 Å². The molecule has 146 valence electrons. The van der Waals surface area contributed by atoms with Crippen LogP contribution in [-0.2, 0) is 11.2 Å². The Kier molecular flexibility index (Phi) is 5.88. The number of nitrogens with zero attached hydrogens (tertiary/aromatic N) is 1. The molecule has 5 nitrogen and oxygen atoms in total. The average Bonchev–Trinajstić information content (AvgIpc) is 3.02. The zero-order valence-corrected chi connectivity index (χ0v) is 16.9. The van der Waals surface area contributed by atoms with Crippen LogP contribution in [0.5, 0.6) is 5.75 Å². The number of aromatic nitrogens is 1. The molecular formula is C22H30N2O3. The SMILES string of the molecule is CCCCCCC(=O)c1cc2c3c([nH]c2cc1OC)C(C)N(C(C)=O)CC3. The van der Waals surface area contributed by atoms with Gasteiger partial charge in [0.25, 0.3) is 0 Å². The van der Waals surface area contributed by atoms with E-state index in [0.717, 1.165) is 42.3 Å². The molecule has 0 saturated heterocycles. The van der Waals surface area contributed by atoms with Crippen LogP contribution in [0.1, 0.15) is 80.5 Å². The summed E-state index contributed by atoms with van der Waals surface area (Å²) in [6.07, 6.45) is 5.70. The molecule has 1 aliphatic rings. The first kappa shape index (κ1) is 19.5. The summed E-state index contributed by atoms with van der Waals surface area (Å²) in [5.74, 6) is 0.860. The predicted molar refractivity (Wildman–Crippen MR) is 107 cm³/mol. The van der Waals surface area contributed by atoms with E-state index < -0.39 is 0 Å². The molecule has 1 aromatic carbocycles. The summed E-state index contributed by atoms with van der Waals surface area (Å²) in [4.78, 5) is 30.0. The third-order valence-corrected chi connectivity index (χ3v) is 5.71. The number of hydrogen-bond acceptors (Lipinski definition) is 3. The van der Waals surface area contributed by atoms with E-state index in [4.69, 9.17) is 4.74 Å². The Morgan fingerprint density at radius 2 is 2.04 bits per heavy atom. The summed E-state index contributed by atoms with van der Waals surface area (Å²) >= 11 is 0. The molecule has 1 N–H and O–H groups in total. The maximum absolute atomic E-state index is 12.8. The maximum Gasteiger partial charge on any atom is 0.220 e. The lowest BCUT2D eigenvalue weighted by Gasteiger charge is -2.32. The maximum atomic E-state index is 12.8. The van der Waals surface area contributed by atoms with Crippen molar-refractivity contribution in [2.75, 3.05) is 13.7 Å². The molecule has 2 heterocycles. The minimum atomic E-state index is 0.0119. The Morgan fingerprint density at radius 1 is 1.26 bits per heavy atom. The molecule has 3 rings (SSSR count). The minimum absolute atomic E-state index is 0.0119. The molecular weight excluding hydrogens is 340 g/mol. The van der Waals surface area contributed by atoms with Crippen LogP contribution in [0.4, 0.5) is 0 Å². The van der Waals surface area contributed by atoms with Crippen LogP contribution in [0.25, 0.3) is 10.9 Å². The van der Waals surface area contributed by atoms with Gasteiger partial charge in [-0.05, 0) is 31.4 Å². The molecule has 0 aliphatic carbocycles. The van der Waals surface area contributed by atoms with E-state index in [1.54, 1.807) is 14.0 Å². The van der Waals surface area contributed by atoms with Gasteiger partial charge in [0, 0.05) is 42.6 Å². The van der Waals surface area contributed by atoms with Gasteiger partial charge in [-0.3, -0.25) is 9.59 Å². The number of ether oxygens (including phenoxy) is 1. The summed E-state index contributed by atoms with van der Waals surface area (Å²) in [5.41, 5.74) is 3.93. The van der Waals surface area contributed by atoms with E-state index in [0.29, 0.717) is 24.3 Å². The Labute approximate surface area is 161 Å². The molecule has 2 aromatic rings. The number of fused-ring (bicyclic) bond motifs is 3. The summed E-state index contributed by atoms with van der Waals surface area (Å²) in [6.45, 7) is 6.54.